The van der Waals surface area contributed by atoms with E-state index in [1.165, 1.54) is 6.08 Å². The van der Waals surface area contributed by atoms with Crippen molar-refractivity contribution in [1.82, 2.24) is 4.98 Å². The normalized spacial score (nSPS) is 10.4. The maximum Gasteiger partial charge on any atom is 0.236 e. The fourth-order valence-corrected chi connectivity index (χ4v) is 0.824. The summed E-state index contributed by atoms with van der Waals surface area (Å²) < 4.78 is 0. The molecule has 1 aromatic rings. The summed E-state index contributed by atoms with van der Waals surface area (Å²) in [6.07, 6.45) is 2.10. The van der Waals surface area contributed by atoms with Gasteiger partial charge in [0.05, 0.1) is 10.6 Å². The summed E-state index contributed by atoms with van der Waals surface area (Å²) in [5.74, 6) is 0. The van der Waals surface area contributed by atoms with Gasteiger partial charge in [0, 0.05) is 6.08 Å². The molecule has 0 unspecified atom stereocenters. The predicted octanol–water partition coefficient (Wildman–Crippen LogP) is 1.98. The molecule has 0 fully saturated rings. The van der Waals surface area contributed by atoms with Gasteiger partial charge in [-0.05, 0) is 12.1 Å². The largest absolute Gasteiger partial charge is 0.259 e. The Balaban J connectivity index is 2.83. The van der Waals surface area contributed by atoms with Gasteiger partial charge in [-0.15, -0.1) is 0 Å². The van der Waals surface area contributed by atoms with Crippen molar-refractivity contribution >= 4 is 17.7 Å². The van der Waals surface area contributed by atoms with E-state index < -0.39 is 4.92 Å². The summed E-state index contributed by atoms with van der Waals surface area (Å²) in [4.78, 5) is 13.2. The second kappa shape index (κ2) is 3.82. The fourth-order valence-electron chi connectivity index (χ4n) is 0.654. The molecule has 4 nitrogen and oxygen atoms in total. The third kappa shape index (κ3) is 2.67. The van der Waals surface area contributed by atoms with Crippen molar-refractivity contribution in [2.24, 2.45) is 0 Å². The van der Waals surface area contributed by atoms with Crippen molar-refractivity contribution in [3.8, 4) is 0 Å². The quantitative estimate of drug-likeness (QED) is 0.401. The number of rotatable bonds is 2. The van der Waals surface area contributed by atoms with Crippen LogP contribution in [0.25, 0.3) is 6.08 Å². The summed E-state index contributed by atoms with van der Waals surface area (Å²) in [5.41, 5.74) is 0.471. The minimum atomic E-state index is -0.553. The molecule has 12 heavy (non-hydrogen) atoms. The Morgan fingerprint density at radius 3 is 2.92 bits per heavy atom. The second-order valence-corrected chi connectivity index (χ2v) is 2.37. The second-order valence-electron chi connectivity index (χ2n) is 1.99. The van der Waals surface area contributed by atoms with Crippen LogP contribution in [0.15, 0.2) is 24.4 Å². The number of pyridine rings is 1. The van der Waals surface area contributed by atoms with Gasteiger partial charge >= 0.3 is 0 Å². The lowest BCUT2D eigenvalue weighted by molar-refractivity contribution is -0.401. The van der Waals surface area contributed by atoms with Gasteiger partial charge in [-0.3, -0.25) is 10.1 Å². The van der Waals surface area contributed by atoms with E-state index in [4.69, 9.17) is 11.6 Å². The smallest absolute Gasteiger partial charge is 0.236 e. The van der Waals surface area contributed by atoms with Crippen LogP contribution in [0.4, 0.5) is 0 Å². The molecule has 0 radical (unpaired) electrons. The third-order valence-electron chi connectivity index (χ3n) is 1.10. The first-order valence-corrected chi connectivity index (χ1v) is 3.50. The topological polar surface area (TPSA) is 56.0 Å². The molecular formula is C7H5ClN2O2. The van der Waals surface area contributed by atoms with Gasteiger partial charge in [-0.2, -0.15) is 0 Å². The zero-order chi connectivity index (χ0) is 8.97. The van der Waals surface area contributed by atoms with E-state index >= 15 is 0 Å². The third-order valence-corrected chi connectivity index (χ3v) is 1.31. The zero-order valence-corrected chi connectivity index (χ0v) is 6.73. The Hall–Kier alpha value is -1.42. The summed E-state index contributed by atoms with van der Waals surface area (Å²) >= 11 is 5.55. The van der Waals surface area contributed by atoms with Crippen LogP contribution >= 0.6 is 11.6 Å². The van der Waals surface area contributed by atoms with Crippen LogP contribution in [-0.4, -0.2) is 9.91 Å². The van der Waals surface area contributed by atoms with E-state index in [1.807, 2.05) is 0 Å². The lowest BCUT2D eigenvalue weighted by Gasteiger charge is -1.90. The average Bonchev–Trinajstić information content (AvgIpc) is 2.01. The molecule has 0 aliphatic heterocycles. The monoisotopic (exact) mass is 184 g/mol. The van der Waals surface area contributed by atoms with E-state index in [-0.39, 0.29) is 0 Å². The van der Waals surface area contributed by atoms with Crippen molar-refractivity contribution in [3.05, 3.63) is 45.4 Å². The number of aromatic nitrogens is 1. The lowest BCUT2D eigenvalue weighted by atomic mass is 10.3. The Morgan fingerprint density at radius 1 is 1.58 bits per heavy atom. The molecule has 0 bridgehead atoms. The van der Waals surface area contributed by atoms with Crippen molar-refractivity contribution in [2.45, 2.75) is 0 Å². The molecule has 0 atom stereocenters. The average molecular weight is 185 g/mol. The van der Waals surface area contributed by atoms with Crippen LogP contribution < -0.4 is 0 Å². The maximum atomic E-state index is 9.92. The number of hydrogen-bond donors (Lipinski definition) is 0. The van der Waals surface area contributed by atoms with Crippen molar-refractivity contribution in [2.75, 3.05) is 0 Å². The molecule has 1 heterocycles. The number of nitrogens with zero attached hydrogens (tertiary/aromatic N) is 2. The van der Waals surface area contributed by atoms with Gasteiger partial charge in [0.15, 0.2) is 0 Å². The van der Waals surface area contributed by atoms with Gasteiger partial charge in [-0.25, -0.2) is 4.98 Å². The van der Waals surface area contributed by atoms with Crippen LogP contribution in [0.5, 0.6) is 0 Å². The van der Waals surface area contributed by atoms with E-state index in [2.05, 4.69) is 4.98 Å². The number of nitro groups is 1. The molecule has 0 aliphatic carbocycles. The first-order chi connectivity index (χ1) is 5.68. The SMILES string of the molecule is O=[N+]([O-])/C=C/c1cccc(Cl)n1. The summed E-state index contributed by atoms with van der Waals surface area (Å²) in [7, 11) is 0. The van der Waals surface area contributed by atoms with Gasteiger partial charge < -0.3 is 0 Å². The molecule has 0 saturated carbocycles. The molecule has 0 N–H and O–H groups in total. The van der Waals surface area contributed by atoms with E-state index in [0.717, 1.165) is 6.20 Å². The molecule has 0 amide bonds. The standard InChI is InChI=1S/C7H5ClN2O2/c8-7-3-1-2-6(9-7)4-5-10(11)12/h1-5H/b5-4+. The van der Waals surface area contributed by atoms with Crippen molar-refractivity contribution in [3.63, 3.8) is 0 Å². The van der Waals surface area contributed by atoms with Crippen LogP contribution in [-0.2, 0) is 0 Å². The maximum absolute atomic E-state index is 9.92. The van der Waals surface area contributed by atoms with Gasteiger partial charge in [0.2, 0.25) is 6.20 Å². The highest BCUT2D eigenvalue weighted by Gasteiger charge is 1.92. The minimum Gasteiger partial charge on any atom is -0.259 e. The molecule has 0 spiro atoms. The Labute approximate surface area is 73.6 Å². The lowest BCUT2D eigenvalue weighted by Crippen LogP contribution is -1.84. The van der Waals surface area contributed by atoms with Crippen molar-refractivity contribution < 1.29 is 4.92 Å². The Bertz CT molecular complexity index is 325. The highest BCUT2D eigenvalue weighted by molar-refractivity contribution is 6.29. The summed E-state index contributed by atoms with van der Waals surface area (Å²) in [6.45, 7) is 0. The first-order valence-electron chi connectivity index (χ1n) is 3.13. The molecule has 0 saturated heterocycles. The van der Waals surface area contributed by atoms with Crippen molar-refractivity contribution in [1.29, 1.82) is 0 Å². The minimum absolute atomic E-state index is 0.320. The summed E-state index contributed by atoms with van der Waals surface area (Å²) in [6, 6.07) is 4.91. The van der Waals surface area contributed by atoms with Gasteiger partial charge in [-0.1, -0.05) is 17.7 Å². The van der Waals surface area contributed by atoms with Crippen LogP contribution in [0.2, 0.25) is 5.15 Å². The molecule has 62 valence electrons. The molecule has 5 heteroatoms. The zero-order valence-electron chi connectivity index (χ0n) is 5.98. The van der Waals surface area contributed by atoms with Crippen LogP contribution in [0.3, 0.4) is 0 Å². The van der Waals surface area contributed by atoms with Crippen LogP contribution in [0, 0.1) is 10.1 Å². The fraction of sp³-hybridized carbons (Fsp3) is 0. The molecule has 1 aromatic heterocycles. The Kier molecular flexibility index (Phi) is 2.76. The first kappa shape index (κ1) is 8.67. The van der Waals surface area contributed by atoms with Crippen LogP contribution in [0.1, 0.15) is 5.69 Å². The van der Waals surface area contributed by atoms with E-state index in [0.29, 0.717) is 10.8 Å². The molecule has 0 aromatic carbocycles. The van der Waals surface area contributed by atoms with E-state index in [1.54, 1.807) is 18.2 Å². The highest BCUT2D eigenvalue weighted by atomic mass is 35.5. The van der Waals surface area contributed by atoms with Gasteiger partial charge in [0.1, 0.15) is 5.15 Å². The molecular weight excluding hydrogens is 180 g/mol. The number of hydrogen-bond acceptors (Lipinski definition) is 3. The van der Waals surface area contributed by atoms with Gasteiger partial charge in [0.25, 0.3) is 0 Å². The number of halogens is 1. The highest BCUT2D eigenvalue weighted by Crippen LogP contribution is 2.05. The molecule has 0 aliphatic rings. The Morgan fingerprint density at radius 2 is 2.33 bits per heavy atom. The summed E-state index contributed by atoms with van der Waals surface area (Å²) in [5, 5.41) is 10.2. The molecule has 1 rings (SSSR count). The van der Waals surface area contributed by atoms with E-state index in [9.17, 15) is 10.1 Å². The predicted molar refractivity (Wildman–Crippen MR) is 45.3 cm³/mol.